The first-order chi connectivity index (χ1) is 3.81. The molecule has 4 heteroatoms. The van der Waals surface area contributed by atoms with Crippen molar-refractivity contribution < 1.29 is 9.53 Å². The zero-order chi connectivity index (χ0) is 6.41. The molecule has 0 radical (unpaired) electrons. The fourth-order valence-corrected chi connectivity index (χ4v) is 0.250. The zero-order valence-corrected chi connectivity index (χ0v) is 5.02. The standard InChI is InChI=1S/C4H5NO2S/c5-1-2-7-4(6)3-8/h8H,2-3H2. The van der Waals surface area contributed by atoms with Crippen LogP contribution in [0.5, 0.6) is 0 Å². The number of thiol groups is 1. The molecule has 0 aromatic heterocycles. The van der Waals surface area contributed by atoms with Crippen LogP contribution < -0.4 is 0 Å². The molecular weight excluding hydrogens is 126 g/mol. The van der Waals surface area contributed by atoms with Gasteiger partial charge in [0.05, 0.1) is 5.75 Å². The van der Waals surface area contributed by atoms with Gasteiger partial charge in [0.25, 0.3) is 0 Å². The minimum absolute atomic E-state index is 0.0294. The Balaban J connectivity index is 3.15. The summed E-state index contributed by atoms with van der Waals surface area (Å²) >= 11 is 3.60. The fourth-order valence-electron chi connectivity index (χ4n) is 0.158. The van der Waals surface area contributed by atoms with Crippen LogP contribution in [0.2, 0.25) is 0 Å². The van der Waals surface area contributed by atoms with E-state index >= 15 is 0 Å². The third-order valence-corrected chi connectivity index (χ3v) is 0.685. The van der Waals surface area contributed by atoms with Crippen molar-refractivity contribution in [1.82, 2.24) is 0 Å². The van der Waals surface area contributed by atoms with Crippen molar-refractivity contribution in [3.63, 3.8) is 0 Å². The Bertz CT molecular complexity index is 118. The van der Waals surface area contributed by atoms with Crippen LogP contribution in [0.15, 0.2) is 0 Å². The Morgan fingerprint density at radius 2 is 2.50 bits per heavy atom. The van der Waals surface area contributed by atoms with Gasteiger partial charge in [-0.25, -0.2) is 0 Å². The van der Waals surface area contributed by atoms with Gasteiger partial charge >= 0.3 is 5.97 Å². The molecule has 0 heterocycles. The van der Waals surface area contributed by atoms with E-state index in [1.807, 2.05) is 0 Å². The summed E-state index contributed by atoms with van der Waals surface area (Å²) in [6.07, 6.45) is 0. The van der Waals surface area contributed by atoms with Crippen LogP contribution in [-0.4, -0.2) is 18.3 Å². The molecular formula is C4H5NO2S. The average Bonchev–Trinajstić information content (AvgIpc) is 1.83. The summed E-state index contributed by atoms with van der Waals surface area (Å²) in [5, 5.41) is 7.86. The van der Waals surface area contributed by atoms with E-state index < -0.39 is 5.97 Å². The first-order valence-corrected chi connectivity index (χ1v) is 2.58. The summed E-state index contributed by atoms with van der Waals surface area (Å²) in [5.41, 5.74) is 0. The Hall–Kier alpha value is -0.690. The Morgan fingerprint density at radius 1 is 1.88 bits per heavy atom. The molecule has 0 aromatic carbocycles. The lowest BCUT2D eigenvalue weighted by atomic mass is 10.7. The van der Waals surface area contributed by atoms with Gasteiger partial charge in [-0.05, 0) is 0 Å². The summed E-state index contributed by atoms with van der Waals surface area (Å²) in [4.78, 5) is 10.1. The van der Waals surface area contributed by atoms with Gasteiger partial charge < -0.3 is 4.74 Å². The second-order valence-electron chi connectivity index (χ2n) is 0.977. The van der Waals surface area contributed by atoms with Crippen molar-refractivity contribution in [3.8, 4) is 6.07 Å². The third kappa shape index (κ3) is 3.50. The van der Waals surface area contributed by atoms with Crippen LogP contribution in [0.25, 0.3) is 0 Å². The normalized spacial score (nSPS) is 7.50. The number of nitrogens with zero attached hydrogens (tertiary/aromatic N) is 1. The zero-order valence-electron chi connectivity index (χ0n) is 4.13. The summed E-state index contributed by atoms with van der Waals surface area (Å²) in [6, 6.07) is 1.66. The SMILES string of the molecule is N#CCOC(=O)CS. The van der Waals surface area contributed by atoms with E-state index in [1.165, 1.54) is 0 Å². The summed E-state index contributed by atoms with van der Waals surface area (Å²) in [5.74, 6) is -0.434. The third-order valence-electron chi connectivity index (χ3n) is 0.427. The highest BCUT2D eigenvalue weighted by molar-refractivity contribution is 7.81. The first-order valence-electron chi connectivity index (χ1n) is 1.94. The molecule has 0 fully saturated rings. The molecule has 0 aliphatic carbocycles. The summed E-state index contributed by atoms with van der Waals surface area (Å²) in [6.45, 7) is -0.181. The van der Waals surface area contributed by atoms with E-state index in [9.17, 15) is 4.79 Å². The van der Waals surface area contributed by atoms with Crippen molar-refractivity contribution >= 4 is 18.6 Å². The van der Waals surface area contributed by atoms with Crippen LogP contribution in [0.3, 0.4) is 0 Å². The highest BCUT2D eigenvalue weighted by Crippen LogP contribution is 1.79. The molecule has 44 valence electrons. The van der Waals surface area contributed by atoms with Gasteiger partial charge in [-0.15, -0.1) is 0 Å². The second-order valence-corrected chi connectivity index (χ2v) is 1.29. The van der Waals surface area contributed by atoms with Crippen molar-refractivity contribution in [1.29, 1.82) is 5.26 Å². The van der Waals surface area contributed by atoms with Crippen LogP contribution >= 0.6 is 12.6 Å². The van der Waals surface area contributed by atoms with Crippen LogP contribution in [0, 0.1) is 11.3 Å². The van der Waals surface area contributed by atoms with Crippen molar-refractivity contribution in [2.24, 2.45) is 0 Å². The molecule has 0 rings (SSSR count). The van der Waals surface area contributed by atoms with E-state index in [0.29, 0.717) is 0 Å². The summed E-state index contributed by atoms with van der Waals surface area (Å²) in [7, 11) is 0. The Morgan fingerprint density at radius 3 is 2.88 bits per heavy atom. The van der Waals surface area contributed by atoms with Crippen LogP contribution in [-0.2, 0) is 9.53 Å². The number of nitriles is 1. The van der Waals surface area contributed by atoms with Gasteiger partial charge in [0, 0.05) is 0 Å². The lowest BCUT2D eigenvalue weighted by molar-refractivity contribution is -0.138. The molecule has 8 heavy (non-hydrogen) atoms. The number of hydrogen-bond donors (Lipinski definition) is 1. The van der Waals surface area contributed by atoms with Crippen molar-refractivity contribution in [2.45, 2.75) is 0 Å². The highest BCUT2D eigenvalue weighted by atomic mass is 32.1. The van der Waals surface area contributed by atoms with E-state index in [0.717, 1.165) is 0 Å². The minimum Gasteiger partial charge on any atom is -0.450 e. The molecule has 0 spiro atoms. The maximum Gasteiger partial charge on any atom is 0.316 e. The Labute approximate surface area is 52.7 Å². The average molecular weight is 131 g/mol. The lowest BCUT2D eigenvalue weighted by Gasteiger charge is -1.91. The minimum atomic E-state index is -0.463. The fraction of sp³-hybridized carbons (Fsp3) is 0.500. The summed E-state index contributed by atoms with van der Waals surface area (Å²) < 4.78 is 4.26. The largest absolute Gasteiger partial charge is 0.450 e. The molecule has 0 aromatic rings. The van der Waals surface area contributed by atoms with Crippen LogP contribution in [0.1, 0.15) is 0 Å². The van der Waals surface area contributed by atoms with Crippen LogP contribution in [0.4, 0.5) is 0 Å². The molecule has 0 saturated carbocycles. The van der Waals surface area contributed by atoms with Gasteiger partial charge in [-0.3, -0.25) is 4.79 Å². The van der Waals surface area contributed by atoms with E-state index in [2.05, 4.69) is 17.4 Å². The maximum atomic E-state index is 10.1. The molecule has 0 aliphatic rings. The molecule has 0 N–H and O–H groups in total. The number of ether oxygens (including phenoxy) is 1. The number of carbonyl (C=O) groups excluding carboxylic acids is 1. The predicted octanol–water partition coefficient (Wildman–Crippen LogP) is -0.0170. The monoisotopic (exact) mass is 131 g/mol. The number of carbonyl (C=O) groups is 1. The molecule has 0 unspecified atom stereocenters. The smallest absolute Gasteiger partial charge is 0.316 e. The number of rotatable bonds is 2. The molecule has 0 atom stereocenters. The lowest BCUT2D eigenvalue weighted by Crippen LogP contribution is -2.04. The maximum absolute atomic E-state index is 10.1. The van der Waals surface area contributed by atoms with E-state index in [1.54, 1.807) is 6.07 Å². The topological polar surface area (TPSA) is 50.1 Å². The number of esters is 1. The molecule has 0 amide bonds. The molecule has 0 aliphatic heterocycles. The number of hydrogen-bond acceptors (Lipinski definition) is 4. The van der Waals surface area contributed by atoms with Gasteiger partial charge in [-0.2, -0.15) is 17.9 Å². The molecule has 0 bridgehead atoms. The quantitative estimate of drug-likeness (QED) is 0.423. The van der Waals surface area contributed by atoms with Gasteiger partial charge in [-0.1, -0.05) is 0 Å². The van der Waals surface area contributed by atoms with Gasteiger partial charge in [0.15, 0.2) is 6.61 Å². The Kier molecular flexibility index (Phi) is 4.08. The van der Waals surface area contributed by atoms with Gasteiger partial charge in [0.2, 0.25) is 0 Å². The highest BCUT2D eigenvalue weighted by Gasteiger charge is 1.94. The van der Waals surface area contributed by atoms with E-state index in [-0.39, 0.29) is 12.4 Å². The predicted molar refractivity (Wildman–Crippen MR) is 30.4 cm³/mol. The first kappa shape index (κ1) is 7.31. The van der Waals surface area contributed by atoms with Crippen molar-refractivity contribution in [3.05, 3.63) is 0 Å². The second kappa shape index (κ2) is 4.47. The van der Waals surface area contributed by atoms with Gasteiger partial charge in [0.1, 0.15) is 6.07 Å². The molecule has 0 saturated heterocycles. The van der Waals surface area contributed by atoms with E-state index in [4.69, 9.17) is 5.26 Å². The molecule has 3 nitrogen and oxygen atoms in total. The van der Waals surface area contributed by atoms with Crippen molar-refractivity contribution in [2.75, 3.05) is 12.4 Å².